The van der Waals surface area contributed by atoms with Crippen molar-refractivity contribution in [2.45, 2.75) is 25.3 Å². The van der Waals surface area contributed by atoms with E-state index in [-0.39, 0.29) is 17.9 Å². The zero-order valence-electron chi connectivity index (χ0n) is 7.93. The van der Waals surface area contributed by atoms with Gasteiger partial charge < -0.3 is 9.84 Å². The second-order valence-electron chi connectivity index (χ2n) is 3.66. The van der Waals surface area contributed by atoms with Gasteiger partial charge in [-0.05, 0) is 24.6 Å². The molecular formula is C10H9F3O2. The molecular weight excluding hydrogens is 209 g/mol. The molecule has 0 saturated heterocycles. The first-order valence-electron chi connectivity index (χ1n) is 4.37. The van der Waals surface area contributed by atoms with Crippen molar-refractivity contribution in [3.05, 3.63) is 29.3 Å². The normalized spacial score (nSPS) is 25.3. The third-order valence-electron chi connectivity index (χ3n) is 2.66. The lowest BCUT2D eigenvalue weighted by Crippen LogP contribution is -2.38. The van der Waals surface area contributed by atoms with E-state index in [9.17, 15) is 18.3 Å². The monoisotopic (exact) mass is 218 g/mol. The zero-order valence-corrected chi connectivity index (χ0v) is 7.93. The lowest BCUT2D eigenvalue weighted by molar-refractivity contribution is -0.272. The van der Waals surface area contributed by atoms with E-state index in [0.29, 0.717) is 5.56 Å². The molecule has 0 saturated carbocycles. The van der Waals surface area contributed by atoms with Crippen LogP contribution in [0.3, 0.4) is 0 Å². The summed E-state index contributed by atoms with van der Waals surface area (Å²) in [5.41, 5.74) is -1.84. The third-order valence-corrected chi connectivity index (χ3v) is 2.66. The molecule has 1 aromatic rings. The molecule has 0 spiro atoms. The number of phenolic OH excluding ortho intramolecular Hbond substituents is 1. The van der Waals surface area contributed by atoms with Crippen molar-refractivity contribution in [1.82, 2.24) is 0 Å². The van der Waals surface area contributed by atoms with E-state index in [1.54, 1.807) is 0 Å². The summed E-state index contributed by atoms with van der Waals surface area (Å²) in [4.78, 5) is 0. The fraction of sp³-hybridized carbons (Fsp3) is 0.400. The first-order valence-corrected chi connectivity index (χ1v) is 4.37. The maximum absolute atomic E-state index is 12.7. The van der Waals surface area contributed by atoms with Crippen LogP contribution in [0.2, 0.25) is 0 Å². The molecule has 1 aliphatic rings. The van der Waals surface area contributed by atoms with Crippen molar-refractivity contribution in [1.29, 1.82) is 0 Å². The lowest BCUT2D eigenvalue weighted by Gasteiger charge is -2.27. The summed E-state index contributed by atoms with van der Waals surface area (Å²) in [6.45, 7) is 0.893. The van der Waals surface area contributed by atoms with Crippen molar-refractivity contribution in [2.24, 2.45) is 0 Å². The van der Waals surface area contributed by atoms with Gasteiger partial charge in [-0.25, -0.2) is 0 Å². The van der Waals surface area contributed by atoms with Crippen LogP contribution in [0.25, 0.3) is 0 Å². The van der Waals surface area contributed by atoms with Crippen molar-refractivity contribution >= 4 is 0 Å². The highest BCUT2D eigenvalue weighted by Crippen LogP contribution is 2.48. The van der Waals surface area contributed by atoms with Crippen LogP contribution in [-0.4, -0.2) is 11.3 Å². The Hall–Kier alpha value is -1.23. The average molecular weight is 218 g/mol. The van der Waals surface area contributed by atoms with Gasteiger partial charge in [0.25, 0.3) is 0 Å². The van der Waals surface area contributed by atoms with E-state index >= 15 is 0 Å². The number of benzene rings is 1. The third kappa shape index (κ3) is 1.38. The molecule has 1 aliphatic heterocycles. The summed E-state index contributed by atoms with van der Waals surface area (Å²) in [6, 6.07) is 3.90. The van der Waals surface area contributed by atoms with E-state index in [4.69, 9.17) is 4.74 Å². The Morgan fingerprint density at radius 2 is 2.07 bits per heavy atom. The van der Waals surface area contributed by atoms with Gasteiger partial charge in [0.05, 0.1) is 6.61 Å². The molecule has 2 nitrogen and oxygen atoms in total. The van der Waals surface area contributed by atoms with Gasteiger partial charge in [-0.15, -0.1) is 0 Å². The Balaban J connectivity index is 2.56. The van der Waals surface area contributed by atoms with Crippen molar-refractivity contribution in [3.63, 3.8) is 0 Å². The quantitative estimate of drug-likeness (QED) is 0.725. The molecule has 1 aromatic carbocycles. The molecule has 0 bridgehead atoms. The minimum absolute atomic E-state index is 0.00463. The number of hydrogen-bond donors (Lipinski definition) is 1. The second-order valence-corrected chi connectivity index (χ2v) is 3.66. The van der Waals surface area contributed by atoms with Gasteiger partial charge in [0.1, 0.15) is 5.75 Å². The Labute approximate surface area is 84.3 Å². The van der Waals surface area contributed by atoms with E-state index in [1.165, 1.54) is 12.1 Å². The van der Waals surface area contributed by atoms with Gasteiger partial charge in [-0.2, -0.15) is 13.2 Å². The van der Waals surface area contributed by atoms with Gasteiger partial charge >= 0.3 is 6.18 Å². The number of phenols is 1. The highest BCUT2D eigenvalue weighted by atomic mass is 19.4. The number of ether oxygens (including phenoxy) is 1. The number of rotatable bonds is 0. The molecule has 1 unspecified atom stereocenters. The number of fused-ring (bicyclic) bond motifs is 1. The molecule has 1 atom stereocenters. The van der Waals surface area contributed by atoms with Crippen LogP contribution in [0, 0.1) is 0 Å². The number of alkyl halides is 3. The minimum Gasteiger partial charge on any atom is -0.508 e. The predicted octanol–water partition coefficient (Wildman–Crippen LogP) is 2.70. The Kier molecular flexibility index (Phi) is 1.98. The summed E-state index contributed by atoms with van der Waals surface area (Å²) in [5, 5.41) is 9.17. The minimum atomic E-state index is -4.48. The molecule has 5 heteroatoms. The van der Waals surface area contributed by atoms with E-state index in [1.807, 2.05) is 0 Å². The van der Waals surface area contributed by atoms with Crippen molar-refractivity contribution in [2.75, 3.05) is 0 Å². The topological polar surface area (TPSA) is 29.5 Å². The second kappa shape index (κ2) is 2.88. The summed E-state index contributed by atoms with van der Waals surface area (Å²) in [7, 11) is 0. The van der Waals surface area contributed by atoms with Gasteiger partial charge in [0.2, 0.25) is 0 Å². The van der Waals surface area contributed by atoms with Gasteiger partial charge in [0.15, 0.2) is 5.60 Å². The van der Waals surface area contributed by atoms with Crippen molar-refractivity contribution < 1.29 is 23.0 Å². The van der Waals surface area contributed by atoms with Gasteiger partial charge in [-0.3, -0.25) is 0 Å². The van der Waals surface area contributed by atoms with Gasteiger partial charge in [0, 0.05) is 5.56 Å². The number of hydrogen-bond acceptors (Lipinski definition) is 2. The molecule has 0 amide bonds. The first kappa shape index (κ1) is 10.3. The fourth-order valence-electron chi connectivity index (χ4n) is 1.67. The molecule has 0 fully saturated rings. The molecule has 2 rings (SSSR count). The number of aromatic hydroxyl groups is 1. The van der Waals surface area contributed by atoms with Crippen LogP contribution in [0.5, 0.6) is 5.75 Å². The standard InChI is InChI=1S/C10H9F3O2/c1-9(10(11,12)13)8-4-7(14)3-2-6(8)5-15-9/h2-4,14H,5H2,1H3. The predicted molar refractivity (Wildman–Crippen MR) is 46.3 cm³/mol. The van der Waals surface area contributed by atoms with Gasteiger partial charge in [-0.1, -0.05) is 6.07 Å². The molecule has 82 valence electrons. The SMILES string of the molecule is CC1(C(F)(F)F)OCc2ccc(O)cc21. The van der Waals surface area contributed by atoms with Crippen LogP contribution in [0.1, 0.15) is 18.1 Å². The average Bonchev–Trinajstić information content (AvgIpc) is 2.44. The van der Waals surface area contributed by atoms with Crippen LogP contribution in [-0.2, 0) is 16.9 Å². The highest BCUT2D eigenvalue weighted by Gasteiger charge is 2.57. The van der Waals surface area contributed by atoms with Crippen LogP contribution in [0.15, 0.2) is 18.2 Å². The molecule has 0 aromatic heterocycles. The van der Waals surface area contributed by atoms with Crippen LogP contribution >= 0.6 is 0 Å². The van der Waals surface area contributed by atoms with E-state index in [2.05, 4.69) is 0 Å². The smallest absolute Gasteiger partial charge is 0.421 e. The van der Waals surface area contributed by atoms with E-state index in [0.717, 1.165) is 13.0 Å². The highest BCUT2D eigenvalue weighted by molar-refractivity contribution is 5.41. The summed E-state index contributed by atoms with van der Waals surface area (Å²) < 4.78 is 43.0. The summed E-state index contributed by atoms with van der Waals surface area (Å²) in [6.07, 6.45) is -4.48. The zero-order chi connectivity index (χ0) is 11.3. The largest absolute Gasteiger partial charge is 0.508 e. The fourth-order valence-corrected chi connectivity index (χ4v) is 1.67. The number of halogens is 3. The van der Waals surface area contributed by atoms with Crippen molar-refractivity contribution in [3.8, 4) is 5.75 Å². The molecule has 0 radical (unpaired) electrons. The Morgan fingerprint density at radius 3 is 2.67 bits per heavy atom. The lowest BCUT2D eigenvalue weighted by atomic mass is 9.93. The molecule has 0 aliphatic carbocycles. The Morgan fingerprint density at radius 1 is 1.40 bits per heavy atom. The Bertz CT molecular complexity index is 400. The first-order chi connectivity index (χ1) is 6.84. The van der Waals surface area contributed by atoms with Crippen LogP contribution < -0.4 is 0 Å². The summed E-state index contributed by atoms with van der Waals surface area (Å²) in [5.74, 6) is -0.185. The molecule has 1 heterocycles. The summed E-state index contributed by atoms with van der Waals surface area (Å²) >= 11 is 0. The maximum Gasteiger partial charge on any atom is 0.421 e. The van der Waals surface area contributed by atoms with Crippen LogP contribution in [0.4, 0.5) is 13.2 Å². The molecule has 15 heavy (non-hydrogen) atoms. The molecule has 1 N–H and O–H groups in total. The maximum atomic E-state index is 12.7. The van der Waals surface area contributed by atoms with E-state index < -0.39 is 11.8 Å².